The molecule has 3 aromatic heterocycles. The number of fused-ring (bicyclic) bond motifs is 2. The van der Waals surface area contributed by atoms with Crippen molar-refractivity contribution in [2.75, 3.05) is 25.1 Å². The smallest absolute Gasteiger partial charge is 0.166 e. The second-order valence-electron chi connectivity index (χ2n) is 13.7. The maximum Gasteiger partial charge on any atom is 0.166 e. The molecule has 3 heterocycles. The number of hydrogen-bond donors (Lipinski definition) is 0. The second-order valence-corrected chi connectivity index (χ2v) is 14.5. The molecule has 0 aliphatic heterocycles. The fourth-order valence-corrected chi connectivity index (χ4v) is 8.15. The molecule has 0 radical (unpaired) electrons. The molecule has 0 N–H and O–H groups in total. The number of carbonyl (C=O) groups is 2. The first kappa shape index (κ1) is 35.7. The van der Waals surface area contributed by atoms with E-state index in [9.17, 15) is 9.59 Å². The average molecular weight is 715 g/mol. The van der Waals surface area contributed by atoms with Crippen molar-refractivity contribution in [3.63, 3.8) is 0 Å². The number of nitrogens with zero attached hydrogens (tertiary/aromatic N) is 5. The lowest BCUT2D eigenvalue weighted by atomic mass is 9.98. The third-order valence-corrected chi connectivity index (χ3v) is 11.2. The summed E-state index contributed by atoms with van der Waals surface area (Å²) in [6.45, 7) is 11.4. The van der Waals surface area contributed by atoms with E-state index in [4.69, 9.17) is 33.0 Å². The summed E-state index contributed by atoms with van der Waals surface area (Å²) in [4.78, 5) is 27.0. The Balaban J connectivity index is 1.41. The summed E-state index contributed by atoms with van der Waals surface area (Å²) in [7, 11) is 6.00. The Morgan fingerprint density at radius 1 is 1.04 bits per heavy atom. The molecular weight excluding hydrogens is 669 g/mol. The number of aryl methyl sites for hydroxylation is 4. The van der Waals surface area contributed by atoms with Crippen molar-refractivity contribution in [2.24, 2.45) is 14.1 Å². The molecule has 0 spiro atoms. The predicted molar refractivity (Wildman–Crippen MR) is 205 cm³/mol. The lowest BCUT2D eigenvalue weighted by molar-refractivity contribution is 0.0822. The third-order valence-electron chi connectivity index (χ3n) is 10.2. The normalized spacial score (nSPS) is 15.6. The monoisotopic (exact) mass is 713 g/mol. The summed E-state index contributed by atoms with van der Waals surface area (Å²) in [6.07, 6.45) is 8.22. The van der Waals surface area contributed by atoms with Crippen LogP contribution in [-0.4, -0.2) is 57.8 Å². The molecule has 8 nitrogen and oxygen atoms in total. The van der Waals surface area contributed by atoms with Gasteiger partial charge >= 0.3 is 0 Å². The topological polar surface area (TPSA) is 74.3 Å². The van der Waals surface area contributed by atoms with E-state index in [0.717, 1.165) is 97.2 Å². The van der Waals surface area contributed by atoms with Crippen molar-refractivity contribution >= 4 is 63.3 Å². The molecule has 0 fully saturated rings. The third kappa shape index (κ3) is 6.34. The van der Waals surface area contributed by atoms with E-state index < -0.39 is 0 Å². The van der Waals surface area contributed by atoms with Gasteiger partial charge in [-0.05, 0) is 89.3 Å². The van der Waals surface area contributed by atoms with Gasteiger partial charge in [-0.2, -0.15) is 5.10 Å². The van der Waals surface area contributed by atoms with Crippen molar-refractivity contribution in [1.82, 2.24) is 18.9 Å². The highest BCUT2D eigenvalue weighted by molar-refractivity contribution is 6.35. The molecule has 10 heteroatoms. The van der Waals surface area contributed by atoms with Crippen molar-refractivity contribution in [2.45, 2.75) is 66.0 Å². The molecule has 5 aromatic rings. The zero-order valence-corrected chi connectivity index (χ0v) is 31.6. The Morgan fingerprint density at radius 2 is 1.80 bits per heavy atom. The Kier molecular flexibility index (Phi) is 10.2. The van der Waals surface area contributed by atoms with E-state index in [1.165, 1.54) is 0 Å². The van der Waals surface area contributed by atoms with E-state index in [-0.39, 0.29) is 12.1 Å². The highest BCUT2D eigenvalue weighted by Gasteiger charge is 2.28. The number of hydrogen-bond acceptors (Lipinski definition) is 5. The number of benzene rings is 2. The van der Waals surface area contributed by atoms with Gasteiger partial charge < -0.3 is 18.8 Å². The van der Waals surface area contributed by atoms with Gasteiger partial charge in [0.1, 0.15) is 6.29 Å². The Bertz CT molecular complexity index is 2200. The van der Waals surface area contributed by atoms with Crippen LogP contribution in [0.5, 0.6) is 0 Å². The Hall–Kier alpha value is -4.11. The molecule has 0 bridgehead atoms. The van der Waals surface area contributed by atoms with Gasteiger partial charge in [0.25, 0.3) is 0 Å². The lowest BCUT2D eigenvalue weighted by Gasteiger charge is -2.26. The maximum absolute atomic E-state index is 13.2. The van der Waals surface area contributed by atoms with Gasteiger partial charge in [-0.15, -0.1) is 0 Å². The van der Waals surface area contributed by atoms with Gasteiger partial charge in [-0.1, -0.05) is 40.9 Å². The van der Waals surface area contributed by atoms with Crippen LogP contribution in [0.1, 0.15) is 77.5 Å². The van der Waals surface area contributed by atoms with Crippen LogP contribution >= 0.6 is 23.2 Å². The summed E-state index contributed by atoms with van der Waals surface area (Å²) >= 11 is 13.5. The van der Waals surface area contributed by atoms with E-state index in [2.05, 4.69) is 47.2 Å². The summed E-state index contributed by atoms with van der Waals surface area (Å²) in [5, 5.41) is 8.17. The number of likely N-dealkylation sites (N-methyl/N-ethyl adjacent to an activating group) is 1. The summed E-state index contributed by atoms with van der Waals surface area (Å²) in [5.41, 5.74) is 11.2. The fraction of sp³-hybridized carbons (Fsp3) is 0.375. The summed E-state index contributed by atoms with van der Waals surface area (Å²) in [5.74, 6) is 0. The number of allylic oxidation sites excluding steroid dienone is 2. The molecule has 50 heavy (non-hydrogen) atoms. The number of aldehydes is 2. The molecule has 1 aliphatic rings. The van der Waals surface area contributed by atoms with E-state index in [1.54, 1.807) is 0 Å². The number of carbonyl (C=O) groups excluding carboxylic acids is 2. The van der Waals surface area contributed by atoms with Crippen molar-refractivity contribution < 1.29 is 14.3 Å². The van der Waals surface area contributed by atoms with Crippen LogP contribution in [0.25, 0.3) is 32.9 Å². The first-order valence-electron chi connectivity index (χ1n) is 17.1. The van der Waals surface area contributed by atoms with E-state index in [0.29, 0.717) is 35.9 Å². The summed E-state index contributed by atoms with van der Waals surface area (Å²) < 4.78 is 12.4. The second kappa shape index (κ2) is 14.3. The highest BCUT2D eigenvalue weighted by Crippen LogP contribution is 2.43. The molecule has 2 aromatic carbocycles. The van der Waals surface area contributed by atoms with E-state index in [1.807, 2.05) is 69.9 Å². The van der Waals surface area contributed by atoms with Gasteiger partial charge in [-0.3, -0.25) is 14.3 Å². The van der Waals surface area contributed by atoms with Crippen LogP contribution in [0.3, 0.4) is 0 Å². The maximum atomic E-state index is 13.2. The molecule has 2 atom stereocenters. The number of ether oxygens (including phenoxy) is 1. The van der Waals surface area contributed by atoms with Crippen LogP contribution in [0.4, 0.5) is 5.69 Å². The molecule has 0 saturated carbocycles. The fourth-order valence-electron chi connectivity index (χ4n) is 7.76. The average Bonchev–Trinajstić information content (AvgIpc) is 3.68. The molecule has 0 saturated heterocycles. The first-order valence-corrected chi connectivity index (χ1v) is 17.8. The molecule has 262 valence electrons. The number of anilines is 1. The predicted octanol–water partition coefficient (Wildman–Crippen LogP) is 9.31. The quantitative estimate of drug-likeness (QED) is 0.0952. The molecule has 1 unspecified atom stereocenters. The molecule has 1 aliphatic carbocycles. The number of rotatable bonds is 12. The lowest BCUT2D eigenvalue weighted by Crippen LogP contribution is -2.27. The van der Waals surface area contributed by atoms with E-state index >= 15 is 0 Å². The standard InChI is InChI=1S/C40H45Cl2N5O3/c1-23-16-29(17-24(2)39(23)42)50-15-9-10-30-31-12-13-33(41)38(37-26(4)43-46(8)27(37)5)40(31)47(36(30)22-49)25(3)19-44(6)35-20-45(7)34-14-11-28(21-48)18-32(34)35/h11-14,16,18,20-22,25,29H,9-10,15,17,19H2,1-8H3/t25-,29?/m1/s1. The minimum absolute atomic E-state index is 0.0152. The summed E-state index contributed by atoms with van der Waals surface area (Å²) in [6, 6.07) is 9.60. The van der Waals surface area contributed by atoms with Gasteiger partial charge in [-0.25, -0.2) is 0 Å². The van der Waals surface area contributed by atoms with Gasteiger partial charge in [0.05, 0.1) is 33.7 Å². The minimum atomic E-state index is -0.137. The van der Waals surface area contributed by atoms with Gasteiger partial charge in [0, 0.05) is 90.2 Å². The van der Waals surface area contributed by atoms with Crippen LogP contribution in [0, 0.1) is 13.8 Å². The first-order chi connectivity index (χ1) is 23.9. The van der Waals surface area contributed by atoms with Gasteiger partial charge in [0.15, 0.2) is 6.29 Å². The molecule has 0 amide bonds. The van der Waals surface area contributed by atoms with Crippen molar-refractivity contribution in [3.05, 3.63) is 92.0 Å². The van der Waals surface area contributed by atoms with Crippen molar-refractivity contribution in [1.29, 1.82) is 0 Å². The largest absolute Gasteiger partial charge is 0.374 e. The zero-order chi connectivity index (χ0) is 36.0. The highest BCUT2D eigenvalue weighted by atomic mass is 35.5. The van der Waals surface area contributed by atoms with Crippen LogP contribution in [0.2, 0.25) is 5.02 Å². The SMILES string of the molecule is CC1=CC(OCCCc2c(C=O)n([C@H](C)CN(C)c3cn(C)c4ccc(C=O)cc34)c3c(-c4c(C)nn(C)c4C)c(Cl)ccc23)CC(C)=C1Cl. The van der Waals surface area contributed by atoms with Crippen LogP contribution in [0.15, 0.2) is 58.8 Å². The Morgan fingerprint density at radius 3 is 2.46 bits per heavy atom. The van der Waals surface area contributed by atoms with Crippen LogP contribution < -0.4 is 4.90 Å². The van der Waals surface area contributed by atoms with Crippen molar-refractivity contribution in [3.8, 4) is 11.1 Å². The zero-order valence-electron chi connectivity index (χ0n) is 30.1. The number of halogens is 2. The Labute approximate surface area is 303 Å². The molecular formula is C40H45Cl2N5O3. The number of aromatic nitrogens is 4. The minimum Gasteiger partial charge on any atom is -0.374 e. The van der Waals surface area contributed by atoms with Gasteiger partial charge in [0.2, 0.25) is 0 Å². The van der Waals surface area contributed by atoms with Crippen LogP contribution in [-0.2, 0) is 25.3 Å². The molecule has 6 rings (SSSR count).